The molecule has 114 valence electrons. The van der Waals surface area contributed by atoms with Crippen LogP contribution in [-0.2, 0) is 11.2 Å². The molecule has 2 heterocycles. The first-order chi connectivity index (χ1) is 9.84. The van der Waals surface area contributed by atoms with Gasteiger partial charge in [-0.3, -0.25) is 4.79 Å². The molecule has 0 radical (unpaired) electrons. The Balaban J connectivity index is 1.85. The molecular formula is C17H25N3O. The molecule has 1 aromatic carbocycles. The molecule has 2 aliphatic heterocycles. The lowest BCUT2D eigenvalue weighted by molar-refractivity contribution is -0.116. The fourth-order valence-electron chi connectivity index (χ4n) is 3.39. The van der Waals surface area contributed by atoms with Gasteiger partial charge >= 0.3 is 0 Å². The van der Waals surface area contributed by atoms with Gasteiger partial charge < -0.3 is 16.0 Å². The highest BCUT2D eigenvalue weighted by Crippen LogP contribution is 2.39. The van der Waals surface area contributed by atoms with Crippen LogP contribution in [0.25, 0.3) is 0 Å². The Morgan fingerprint density at radius 3 is 2.71 bits per heavy atom. The molecule has 0 saturated carbocycles. The van der Waals surface area contributed by atoms with E-state index < -0.39 is 0 Å². The third kappa shape index (κ3) is 2.71. The van der Waals surface area contributed by atoms with Gasteiger partial charge in [-0.15, -0.1) is 0 Å². The number of nitrogens with two attached hydrogens (primary N) is 1. The first kappa shape index (κ1) is 14.2. The van der Waals surface area contributed by atoms with Crippen molar-refractivity contribution >= 4 is 23.0 Å². The van der Waals surface area contributed by atoms with Gasteiger partial charge in [0.2, 0.25) is 5.91 Å². The SMILES string of the molecule is CC(C)(C)C1CCN(c2cc3c(cc2N)NC(=O)CC3)C1. The Morgan fingerprint density at radius 1 is 1.29 bits per heavy atom. The molecule has 1 amide bonds. The van der Waals surface area contributed by atoms with Crippen LogP contribution in [0.2, 0.25) is 0 Å². The van der Waals surface area contributed by atoms with Crippen molar-refractivity contribution in [3.8, 4) is 0 Å². The highest BCUT2D eigenvalue weighted by molar-refractivity contribution is 5.95. The topological polar surface area (TPSA) is 58.4 Å². The third-order valence-electron chi connectivity index (χ3n) is 4.90. The fraction of sp³-hybridized carbons (Fsp3) is 0.588. The van der Waals surface area contributed by atoms with Crippen LogP contribution in [0.3, 0.4) is 0 Å². The highest BCUT2D eigenvalue weighted by Gasteiger charge is 2.32. The smallest absolute Gasteiger partial charge is 0.224 e. The standard InChI is InChI=1S/C17H25N3O/c1-17(2,3)12-6-7-20(10-12)15-8-11-4-5-16(21)19-14(11)9-13(15)18/h8-9,12H,4-7,10,18H2,1-3H3,(H,19,21). The fourth-order valence-corrected chi connectivity index (χ4v) is 3.39. The number of aryl methyl sites for hydroxylation is 1. The molecular weight excluding hydrogens is 262 g/mol. The zero-order valence-electron chi connectivity index (χ0n) is 13.2. The Morgan fingerprint density at radius 2 is 2.05 bits per heavy atom. The maximum absolute atomic E-state index is 11.5. The summed E-state index contributed by atoms with van der Waals surface area (Å²) in [5, 5.41) is 2.91. The minimum absolute atomic E-state index is 0.0867. The van der Waals surface area contributed by atoms with Crippen LogP contribution in [0.5, 0.6) is 0 Å². The molecule has 1 atom stereocenters. The van der Waals surface area contributed by atoms with Gasteiger partial charge in [0.25, 0.3) is 0 Å². The second kappa shape index (κ2) is 4.93. The predicted octanol–water partition coefficient (Wildman–Crippen LogP) is 3.03. The number of fused-ring (bicyclic) bond motifs is 1. The second-order valence-corrected chi connectivity index (χ2v) is 7.41. The average Bonchev–Trinajstić information content (AvgIpc) is 2.87. The lowest BCUT2D eigenvalue weighted by Gasteiger charge is -2.28. The summed E-state index contributed by atoms with van der Waals surface area (Å²) in [4.78, 5) is 13.9. The molecule has 2 aliphatic rings. The van der Waals surface area contributed by atoms with E-state index in [2.05, 4.69) is 37.1 Å². The predicted molar refractivity (Wildman–Crippen MR) is 87.6 cm³/mol. The second-order valence-electron chi connectivity index (χ2n) is 7.41. The minimum atomic E-state index is 0.0867. The van der Waals surface area contributed by atoms with Crippen LogP contribution >= 0.6 is 0 Å². The number of amides is 1. The van der Waals surface area contributed by atoms with E-state index in [0.717, 1.165) is 36.6 Å². The lowest BCUT2D eigenvalue weighted by atomic mass is 9.80. The number of nitrogens with zero attached hydrogens (tertiary/aromatic N) is 1. The molecule has 0 aliphatic carbocycles. The van der Waals surface area contributed by atoms with E-state index in [1.165, 1.54) is 12.0 Å². The summed E-state index contributed by atoms with van der Waals surface area (Å²) in [6.07, 6.45) is 2.60. The first-order valence-electron chi connectivity index (χ1n) is 7.82. The van der Waals surface area contributed by atoms with Gasteiger partial charge in [0.05, 0.1) is 11.4 Å². The lowest BCUT2D eigenvalue weighted by Crippen LogP contribution is -2.27. The number of hydrogen-bond acceptors (Lipinski definition) is 3. The van der Waals surface area contributed by atoms with Crippen molar-refractivity contribution < 1.29 is 4.79 Å². The van der Waals surface area contributed by atoms with Crippen LogP contribution in [0, 0.1) is 11.3 Å². The van der Waals surface area contributed by atoms with E-state index in [-0.39, 0.29) is 5.91 Å². The number of nitrogen functional groups attached to an aromatic ring is 1. The van der Waals surface area contributed by atoms with Gasteiger partial charge in [0.1, 0.15) is 0 Å². The summed E-state index contributed by atoms with van der Waals surface area (Å²) in [5.74, 6) is 0.788. The summed E-state index contributed by atoms with van der Waals surface area (Å²) in [7, 11) is 0. The Hall–Kier alpha value is -1.71. The van der Waals surface area contributed by atoms with E-state index in [1.807, 2.05) is 6.07 Å². The largest absolute Gasteiger partial charge is 0.397 e. The third-order valence-corrected chi connectivity index (χ3v) is 4.90. The summed E-state index contributed by atoms with van der Waals surface area (Å²) < 4.78 is 0. The van der Waals surface area contributed by atoms with E-state index in [0.29, 0.717) is 17.8 Å². The Bertz CT molecular complexity index is 574. The van der Waals surface area contributed by atoms with Crippen molar-refractivity contribution in [1.82, 2.24) is 0 Å². The van der Waals surface area contributed by atoms with Crippen molar-refractivity contribution in [2.75, 3.05) is 29.0 Å². The van der Waals surface area contributed by atoms with Crippen molar-refractivity contribution in [1.29, 1.82) is 0 Å². The van der Waals surface area contributed by atoms with E-state index >= 15 is 0 Å². The average molecular weight is 287 g/mol. The van der Waals surface area contributed by atoms with Crippen LogP contribution < -0.4 is 16.0 Å². The van der Waals surface area contributed by atoms with Gasteiger partial charge in [-0.1, -0.05) is 20.8 Å². The summed E-state index contributed by atoms with van der Waals surface area (Å²) in [5.41, 5.74) is 10.6. The van der Waals surface area contributed by atoms with Gasteiger partial charge in [-0.05, 0) is 41.9 Å². The molecule has 3 N–H and O–H groups in total. The highest BCUT2D eigenvalue weighted by atomic mass is 16.1. The molecule has 1 unspecified atom stereocenters. The monoisotopic (exact) mass is 287 g/mol. The van der Waals surface area contributed by atoms with Crippen LogP contribution in [-0.4, -0.2) is 19.0 Å². The normalized spacial score (nSPS) is 22.1. The number of carbonyl (C=O) groups is 1. The van der Waals surface area contributed by atoms with Crippen molar-refractivity contribution in [3.63, 3.8) is 0 Å². The number of anilines is 3. The van der Waals surface area contributed by atoms with Crippen LogP contribution in [0.4, 0.5) is 17.1 Å². The minimum Gasteiger partial charge on any atom is -0.397 e. The van der Waals surface area contributed by atoms with Gasteiger partial charge in [0, 0.05) is 25.2 Å². The number of nitrogens with one attached hydrogen (secondary N) is 1. The quantitative estimate of drug-likeness (QED) is 0.781. The summed E-state index contributed by atoms with van der Waals surface area (Å²) >= 11 is 0. The van der Waals surface area contributed by atoms with Crippen LogP contribution in [0.15, 0.2) is 12.1 Å². The van der Waals surface area contributed by atoms with E-state index in [4.69, 9.17) is 5.73 Å². The molecule has 1 aromatic rings. The zero-order valence-corrected chi connectivity index (χ0v) is 13.2. The maximum Gasteiger partial charge on any atom is 0.224 e. The number of rotatable bonds is 1. The van der Waals surface area contributed by atoms with Gasteiger partial charge in [-0.25, -0.2) is 0 Å². The molecule has 0 bridgehead atoms. The maximum atomic E-state index is 11.5. The van der Waals surface area contributed by atoms with Gasteiger partial charge in [0.15, 0.2) is 0 Å². The molecule has 4 nitrogen and oxygen atoms in total. The van der Waals surface area contributed by atoms with Crippen molar-refractivity contribution in [2.45, 2.75) is 40.0 Å². The van der Waals surface area contributed by atoms with E-state index in [9.17, 15) is 4.79 Å². The van der Waals surface area contributed by atoms with E-state index in [1.54, 1.807) is 0 Å². The number of hydrogen-bond donors (Lipinski definition) is 2. The van der Waals surface area contributed by atoms with Crippen LogP contribution in [0.1, 0.15) is 39.2 Å². The molecule has 21 heavy (non-hydrogen) atoms. The molecule has 1 fully saturated rings. The number of carbonyl (C=O) groups excluding carboxylic acids is 1. The Kier molecular flexibility index (Phi) is 3.34. The zero-order chi connectivity index (χ0) is 15.2. The molecule has 4 heteroatoms. The molecule has 3 rings (SSSR count). The van der Waals surface area contributed by atoms with Crippen molar-refractivity contribution in [2.24, 2.45) is 11.3 Å². The summed E-state index contributed by atoms with van der Waals surface area (Å²) in [6.45, 7) is 9.07. The first-order valence-corrected chi connectivity index (χ1v) is 7.82. The number of benzene rings is 1. The Labute approximate surface area is 126 Å². The van der Waals surface area contributed by atoms with Crippen molar-refractivity contribution in [3.05, 3.63) is 17.7 Å². The van der Waals surface area contributed by atoms with Gasteiger partial charge in [-0.2, -0.15) is 0 Å². The molecule has 1 saturated heterocycles. The molecule has 0 spiro atoms. The molecule has 0 aromatic heterocycles. The summed E-state index contributed by atoms with van der Waals surface area (Å²) in [6, 6.07) is 4.10.